The molecule has 6 nitrogen and oxygen atoms in total. The van der Waals surface area contributed by atoms with Crippen molar-refractivity contribution in [1.82, 2.24) is 15.2 Å². The van der Waals surface area contributed by atoms with E-state index in [2.05, 4.69) is 35.1 Å². The average Bonchev–Trinajstić information content (AvgIpc) is 3.36. The molecule has 5 rings (SSSR count). The summed E-state index contributed by atoms with van der Waals surface area (Å²) in [6.45, 7) is 6.77. The number of anilines is 1. The van der Waals surface area contributed by atoms with Gasteiger partial charge in [-0.1, -0.05) is 42.4 Å². The zero-order chi connectivity index (χ0) is 28.9. The van der Waals surface area contributed by atoms with E-state index in [1.54, 1.807) is 6.20 Å². The van der Waals surface area contributed by atoms with Crippen LogP contribution in [0.25, 0.3) is 21.2 Å². The maximum absolute atomic E-state index is 14.3. The maximum atomic E-state index is 14.3. The molecule has 0 aliphatic heterocycles. The number of carbonyl (C=O) groups is 1. The van der Waals surface area contributed by atoms with Crippen LogP contribution in [0.1, 0.15) is 47.8 Å². The van der Waals surface area contributed by atoms with Crippen LogP contribution < -0.4 is 15.0 Å². The van der Waals surface area contributed by atoms with Gasteiger partial charge in [-0.15, -0.1) is 11.3 Å². The van der Waals surface area contributed by atoms with E-state index >= 15 is 0 Å². The van der Waals surface area contributed by atoms with E-state index < -0.39 is 0 Å². The molecular formula is C33H37ClN4O2S. The molecule has 214 valence electrons. The lowest BCUT2D eigenvalue weighted by molar-refractivity contribution is 0.0604. The maximum Gasteiger partial charge on any atom is 0.266 e. The normalized spacial score (nSPS) is 16.9. The molecule has 2 aromatic heterocycles. The zero-order valence-corrected chi connectivity index (χ0v) is 25.5. The smallest absolute Gasteiger partial charge is 0.266 e. The first-order valence-corrected chi connectivity index (χ1v) is 15.4. The van der Waals surface area contributed by atoms with E-state index in [1.165, 1.54) is 11.3 Å². The Kier molecular flexibility index (Phi) is 9.28. The van der Waals surface area contributed by atoms with Gasteiger partial charge >= 0.3 is 0 Å². The van der Waals surface area contributed by atoms with Crippen LogP contribution in [0.15, 0.2) is 73.6 Å². The van der Waals surface area contributed by atoms with Crippen LogP contribution >= 0.6 is 22.9 Å². The Morgan fingerprint density at radius 3 is 2.56 bits per heavy atom. The van der Waals surface area contributed by atoms with Gasteiger partial charge in [0.25, 0.3) is 5.91 Å². The fourth-order valence-corrected chi connectivity index (χ4v) is 7.01. The predicted molar refractivity (Wildman–Crippen MR) is 171 cm³/mol. The third kappa shape index (κ3) is 6.27. The van der Waals surface area contributed by atoms with Crippen molar-refractivity contribution in [2.75, 3.05) is 25.6 Å². The predicted octanol–water partition coefficient (Wildman–Crippen LogP) is 7.77. The van der Waals surface area contributed by atoms with Crippen molar-refractivity contribution in [3.05, 3.63) is 89.0 Å². The van der Waals surface area contributed by atoms with Crippen LogP contribution in [0, 0.1) is 0 Å². The highest BCUT2D eigenvalue weighted by molar-refractivity contribution is 7.21. The molecule has 2 heterocycles. The first-order chi connectivity index (χ1) is 19.9. The Morgan fingerprint density at radius 2 is 1.90 bits per heavy atom. The summed E-state index contributed by atoms with van der Waals surface area (Å²) >= 11 is 8.30. The van der Waals surface area contributed by atoms with E-state index in [4.69, 9.17) is 16.3 Å². The highest BCUT2D eigenvalue weighted by atomic mass is 35.5. The molecule has 1 saturated carbocycles. The summed E-state index contributed by atoms with van der Waals surface area (Å²) in [4.78, 5) is 23.4. The molecule has 0 atom stereocenters. The van der Waals surface area contributed by atoms with E-state index in [0.717, 1.165) is 64.0 Å². The number of thiophene rings is 1. The first kappa shape index (κ1) is 29.1. The van der Waals surface area contributed by atoms with Gasteiger partial charge in [0.1, 0.15) is 16.4 Å². The average molecular weight is 589 g/mol. The minimum absolute atomic E-state index is 0.0181. The van der Waals surface area contributed by atoms with Crippen molar-refractivity contribution >= 4 is 44.7 Å². The standard InChI is InChI=1S/C33H37ClN4O2S/c1-5-37(4)30-18-12-23(20-36-30)22-11-17-28(40-6-2)24(19-22)21-38(26-15-13-25(35-3)14-16-26)33(39)32-31(34)27-9-7-8-10-29(27)41-32/h5,7-12,17-20,25-26,35H,1,6,13-16,21H2,2-4H3. The molecule has 1 N–H and O–H groups in total. The SMILES string of the molecule is C=CN(C)c1ccc(-c2ccc(OCC)c(CN(C(=O)c3sc4ccccc4c3Cl)C3CCC(NC)CC3)c2)cn1. The molecule has 1 aliphatic carbocycles. The van der Waals surface area contributed by atoms with Crippen LogP contribution in [0.2, 0.25) is 5.02 Å². The van der Waals surface area contributed by atoms with E-state index in [0.29, 0.717) is 29.1 Å². The number of fused-ring (bicyclic) bond motifs is 1. The fraction of sp³-hybridized carbons (Fsp3) is 0.333. The van der Waals surface area contributed by atoms with E-state index in [-0.39, 0.29) is 11.9 Å². The minimum Gasteiger partial charge on any atom is -0.494 e. The molecule has 8 heteroatoms. The van der Waals surface area contributed by atoms with Crippen molar-refractivity contribution in [3.8, 4) is 16.9 Å². The first-order valence-electron chi connectivity index (χ1n) is 14.2. The zero-order valence-electron chi connectivity index (χ0n) is 23.9. The summed E-state index contributed by atoms with van der Waals surface area (Å²) < 4.78 is 7.09. The van der Waals surface area contributed by atoms with Gasteiger partial charge in [0.2, 0.25) is 0 Å². The van der Waals surface area contributed by atoms with Crippen LogP contribution in [-0.4, -0.2) is 48.6 Å². The number of nitrogens with one attached hydrogen (secondary N) is 1. The number of amides is 1. The third-order valence-electron chi connectivity index (χ3n) is 7.95. The number of benzene rings is 2. The lowest BCUT2D eigenvalue weighted by Crippen LogP contribution is -2.44. The Balaban J connectivity index is 1.52. The van der Waals surface area contributed by atoms with Gasteiger partial charge in [0.05, 0.1) is 11.6 Å². The Hall–Kier alpha value is -3.39. The van der Waals surface area contributed by atoms with Gasteiger partial charge in [-0.2, -0.15) is 0 Å². The second-order valence-electron chi connectivity index (χ2n) is 10.4. The van der Waals surface area contributed by atoms with E-state index in [9.17, 15) is 4.79 Å². The Bertz CT molecular complexity index is 1510. The lowest BCUT2D eigenvalue weighted by atomic mass is 9.89. The van der Waals surface area contributed by atoms with Gasteiger partial charge in [0, 0.05) is 53.1 Å². The van der Waals surface area contributed by atoms with Gasteiger partial charge in [0.15, 0.2) is 0 Å². The molecule has 41 heavy (non-hydrogen) atoms. The number of halogens is 1. The molecule has 1 aliphatic rings. The van der Waals surface area contributed by atoms with Crippen molar-refractivity contribution in [2.45, 2.75) is 51.2 Å². The third-order valence-corrected chi connectivity index (χ3v) is 9.62. The molecule has 1 amide bonds. The van der Waals surface area contributed by atoms with Crippen LogP contribution in [0.4, 0.5) is 5.82 Å². The number of pyridine rings is 1. The molecular weight excluding hydrogens is 552 g/mol. The number of hydrogen-bond donors (Lipinski definition) is 1. The van der Waals surface area contributed by atoms with Crippen LogP contribution in [0.3, 0.4) is 0 Å². The number of ether oxygens (including phenoxy) is 1. The summed E-state index contributed by atoms with van der Waals surface area (Å²) in [6.07, 6.45) is 7.53. The molecule has 0 saturated heterocycles. The summed E-state index contributed by atoms with van der Waals surface area (Å²) in [5, 5.41) is 4.88. The van der Waals surface area contributed by atoms with Crippen molar-refractivity contribution in [1.29, 1.82) is 0 Å². The molecule has 1 fully saturated rings. The molecule has 2 aromatic carbocycles. The van der Waals surface area contributed by atoms with Crippen molar-refractivity contribution < 1.29 is 9.53 Å². The molecule has 0 spiro atoms. The van der Waals surface area contributed by atoms with Crippen molar-refractivity contribution in [2.24, 2.45) is 0 Å². The molecule has 0 bridgehead atoms. The Labute approximate surface area is 251 Å². The molecule has 4 aromatic rings. The lowest BCUT2D eigenvalue weighted by Gasteiger charge is -2.37. The minimum atomic E-state index is -0.0181. The van der Waals surface area contributed by atoms with Gasteiger partial charge in [-0.05, 0) is 81.7 Å². The Morgan fingerprint density at radius 1 is 1.15 bits per heavy atom. The second-order valence-corrected chi connectivity index (χ2v) is 11.9. The van der Waals surface area contributed by atoms with Gasteiger partial charge in [-0.25, -0.2) is 4.98 Å². The summed E-state index contributed by atoms with van der Waals surface area (Å²) in [5.41, 5.74) is 2.99. The fourth-order valence-electron chi connectivity index (χ4n) is 5.55. The number of carbonyl (C=O) groups excluding carboxylic acids is 1. The number of rotatable bonds is 10. The van der Waals surface area contributed by atoms with Crippen LogP contribution in [-0.2, 0) is 6.54 Å². The van der Waals surface area contributed by atoms with Crippen LogP contribution in [0.5, 0.6) is 5.75 Å². The van der Waals surface area contributed by atoms with E-state index in [1.807, 2.05) is 73.4 Å². The molecule has 0 radical (unpaired) electrons. The summed E-state index contributed by atoms with van der Waals surface area (Å²) in [6, 6.07) is 18.8. The largest absolute Gasteiger partial charge is 0.494 e. The van der Waals surface area contributed by atoms with Crippen molar-refractivity contribution in [3.63, 3.8) is 0 Å². The van der Waals surface area contributed by atoms with Gasteiger partial charge in [-0.3, -0.25) is 4.79 Å². The highest BCUT2D eigenvalue weighted by Crippen LogP contribution is 2.38. The molecule has 0 unspecified atom stereocenters. The topological polar surface area (TPSA) is 57.7 Å². The number of nitrogens with zero attached hydrogens (tertiary/aromatic N) is 3. The number of hydrogen-bond acceptors (Lipinski definition) is 6. The summed E-state index contributed by atoms with van der Waals surface area (Å²) in [5.74, 6) is 1.59. The highest BCUT2D eigenvalue weighted by Gasteiger charge is 2.32. The van der Waals surface area contributed by atoms with Gasteiger partial charge < -0.3 is 19.9 Å². The summed E-state index contributed by atoms with van der Waals surface area (Å²) in [7, 11) is 3.93. The quantitative estimate of drug-likeness (QED) is 0.205. The second kappa shape index (κ2) is 13.1. The monoisotopic (exact) mass is 588 g/mol. The number of aromatic nitrogens is 1.